The molecule has 0 amide bonds. The number of phenolic OH excluding ortho intramolecular Hbond substituents is 1. The number of hydrogen-bond acceptors (Lipinski definition) is 4. The zero-order valence-corrected chi connectivity index (χ0v) is 9.75. The first kappa shape index (κ1) is 11.5. The fourth-order valence-corrected chi connectivity index (χ4v) is 2.14. The molecule has 16 heavy (non-hydrogen) atoms. The van der Waals surface area contributed by atoms with Crippen LogP contribution < -0.4 is 10.6 Å². The van der Waals surface area contributed by atoms with Gasteiger partial charge in [-0.15, -0.1) is 0 Å². The Morgan fingerprint density at radius 1 is 1.50 bits per heavy atom. The SMILES string of the molecule is COc1cc(Cl)cc(C2(CON)CC2)c1O. The van der Waals surface area contributed by atoms with E-state index in [4.69, 9.17) is 27.1 Å². The summed E-state index contributed by atoms with van der Waals surface area (Å²) in [4.78, 5) is 4.70. The van der Waals surface area contributed by atoms with Crippen LogP contribution in [0.1, 0.15) is 18.4 Å². The van der Waals surface area contributed by atoms with Crippen molar-refractivity contribution in [2.24, 2.45) is 5.90 Å². The Labute approximate surface area is 98.9 Å². The van der Waals surface area contributed by atoms with Gasteiger partial charge in [0.05, 0.1) is 13.7 Å². The minimum absolute atomic E-state index is 0.126. The van der Waals surface area contributed by atoms with Crippen molar-refractivity contribution in [3.63, 3.8) is 0 Å². The first-order valence-electron chi connectivity index (χ1n) is 5.01. The van der Waals surface area contributed by atoms with E-state index in [9.17, 15) is 5.11 Å². The predicted octanol–water partition coefficient (Wildman–Crippen LogP) is 1.98. The van der Waals surface area contributed by atoms with Gasteiger partial charge in [0.1, 0.15) is 0 Å². The maximum Gasteiger partial charge on any atom is 0.162 e. The molecule has 0 aromatic heterocycles. The number of halogens is 1. The van der Waals surface area contributed by atoms with Gasteiger partial charge in [0.15, 0.2) is 11.5 Å². The van der Waals surface area contributed by atoms with Crippen molar-refractivity contribution < 1.29 is 14.7 Å². The molecule has 3 N–H and O–H groups in total. The third-order valence-electron chi connectivity index (χ3n) is 3.04. The molecule has 1 fully saturated rings. The van der Waals surface area contributed by atoms with E-state index in [-0.39, 0.29) is 11.2 Å². The van der Waals surface area contributed by atoms with Crippen molar-refractivity contribution >= 4 is 11.6 Å². The van der Waals surface area contributed by atoms with Crippen LogP contribution in [0.3, 0.4) is 0 Å². The van der Waals surface area contributed by atoms with Gasteiger partial charge < -0.3 is 14.7 Å². The van der Waals surface area contributed by atoms with Crippen molar-refractivity contribution in [2.45, 2.75) is 18.3 Å². The fourth-order valence-electron chi connectivity index (χ4n) is 1.94. The summed E-state index contributed by atoms with van der Waals surface area (Å²) in [6, 6.07) is 3.32. The van der Waals surface area contributed by atoms with Crippen LogP contribution in [0.25, 0.3) is 0 Å². The molecule has 88 valence electrons. The monoisotopic (exact) mass is 243 g/mol. The van der Waals surface area contributed by atoms with E-state index in [2.05, 4.69) is 0 Å². The van der Waals surface area contributed by atoms with E-state index >= 15 is 0 Å². The maximum atomic E-state index is 10.0. The molecule has 0 unspecified atom stereocenters. The lowest BCUT2D eigenvalue weighted by molar-refractivity contribution is 0.115. The molecule has 1 aromatic rings. The molecule has 5 heteroatoms. The van der Waals surface area contributed by atoms with Gasteiger partial charge in [-0.25, -0.2) is 5.90 Å². The first-order chi connectivity index (χ1) is 7.63. The van der Waals surface area contributed by atoms with Gasteiger partial charge in [0.25, 0.3) is 0 Å². The Bertz CT molecular complexity index is 404. The maximum absolute atomic E-state index is 10.0. The number of rotatable bonds is 4. The fraction of sp³-hybridized carbons (Fsp3) is 0.455. The van der Waals surface area contributed by atoms with E-state index in [1.54, 1.807) is 12.1 Å². The lowest BCUT2D eigenvalue weighted by atomic mass is 9.95. The van der Waals surface area contributed by atoms with Crippen molar-refractivity contribution in [1.29, 1.82) is 0 Å². The molecule has 0 radical (unpaired) electrons. The van der Waals surface area contributed by atoms with E-state index in [1.165, 1.54) is 7.11 Å². The number of nitrogens with two attached hydrogens (primary N) is 1. The largest absolute Gasteiger partial charge is 0.504 e. The van der Waals surface area contributed by atoms with Crippen molar-refractivity contribution in [2.75, 3.05) is 13.7 Å². The summed E-state index contributed by atoms with van der Waals surface area (Å²) >= 11 is 5.97. The number of hydrogen-bond donors (Lipinski definition) is 2. The van der Waals surface area contributed by atoms with Crippen LogP contribution in [0, 0.1) is 0 Å². The minimum atomic E-state index is -0.197. The predicted molar refractivity (Wildman–Crippen MR) is 60.7 cm³/mol. The Hall–Kier alpha value is -0.970. The number of aromatic hydroxyl groups is 1. The topological polar surface area (TPSA) is 64.7 Å². The van der Waals surface area contributed by atoms with Crippen molar-refractivity contribution in [1.82, 2.24) is 0 Å². The average Bonchev–Trinajstić information content (AvgIpc) is 3.02. The molecule has 0 bridgehead atoms. The van der Waals surface area contributed by atoms with Gasteiger partial charge >= 0.3 is 0 Å². The van der Waals surface area contributed by atoms with Gasteiger partial charge in [0, 0.05) is 22.1 Å². The zero-order valence-electron chi connectivity index (χ0n) is 9.00. The molecule has 4 nitrogen and oxygen atoms in total. The second-order valence-corrected chi connectivity index (χ2v) is 4.53. The Morgan fingerprint density at radius 3 is 2.69 bits per heavy atom. The summed E-state index contributed by atoms with van der Waals surface area (Å²) in [5, 5.41) is 10.6. The number of phenols is 1. The highest BCUT2D eigenvalue weighted by atomic mass is 35.5. The van der Waals surface area contributed by atoms with Gasteiger partial charge in [-0.1, -0.05) is 11.6 Å². The summed E-state index contributed by atoms with van der Waals surface area (Å²) in [7, 11) is 1.49. The Morgan fingerprint density at radius 2 is 2.19 bits per heavy atom. The summed E-state index contributed by atoms with van der Waals surface area (Å²) in [5.74, 6) is 5.61. The number of benzene rings is 1. The van der Waals surface area contributed by atoms with Crippen molar-refractivity contribution in [3.05, 3.63) is 22.7 Å². The molecule has 0 heterocycles. The lowest BCUT2D eigenvalue weighted by Crippen LogP contribution is -2.18. The molecule has 0 spiro atoms. The van der Waals surface area contributed by atoms with E-state index < -0.39 is 0 Å². The molecule has 0 atom stereocenters. The Kier molecular flexibility index (Phi) is 2.97. The molecular weight excluding hydrogens is 230 g/mol. The highest BCUT2D eigenvalue weighted by molar-refractivity contribution is 6.30. The van der Waals surface area contributed by atoms with Crippen LogP contribution in [0.15, 0.2) is 12.1 Å². The molecule has 1 aliphatic carbocycles. The second-order valence-electron chi connectivity index (χ2n) is 4.10. The van der Waals surface area contributed by atoms with Gasteiger partial charge in [-0.3, -0.25) is 0 Å². The summed E-state index contributed by atoms with van der Waals surface area (Å²) < 4.78 is 5.06. The summed E-state index contributed by atoms with van der Waals surface area (Å²) in [6.45, 7) is 0.379. The number of methoxy groups -OCH3 is 1. The molecular formula is C11H14ClNO3. The summed E-state index contributed by atoms with van der Waals surface area (Å²) in [6.07, 6.45) is 1.86. The molecule has 1 aromatic carbocycles. The Balaban J connectivity index is 2.44. The van der Waals surface area contributed by atoms with Crippen LogP contribution in [0.4, 0.5) is 0 Å². The average molecular weight is 244 g/mol. The second kappa shape index (κ2) is 4.13. The van der Waals surface area contributed by atoms with E-state index in [0.717, 1.165) is 18.4 Å². The van der Waals surface area contributed by atoms with Gasteiger partial charge in [0.2, 0.25) is 0 Å². The van der Waals surface area contributed by atoms with Crippen LogP contribution in [0.5, 0.6) is 11.5 Å². The van der Waals surface area contributed by atoms with E-state index in [1.807, 2.05) is 0 Å². The summed E-state index contributed by atoms with van der Waals surface area (Å²) in [5.41, 5.74) is 0.555. The smallest absolute Gasteiger partial charge is 0.162 e. The molecule has 1 saturated carbocycles. The highest BCUT2D eigenvalue weighted by Crippen LogP contribution is 2.53. The lowest BCUT2D eigenvalue weighted by Gasteiger charge is -2.17. The molecule has 2 rings (SSSR count). The third-order valence-corrected chi connectivity index (χ3v) is 3.26. The minimum Gasteiger partial charge on any atom is -0.504 e. The van der Waals surface area contributed by atoms with Crippen LogP contribution >= 0.6 is 11.6 Å². The quantitative estimate of drug-likeness (QED) is 0.794. The molecule has 0 aliphatic heterocycles. The number of ether oxygens (including phenoxy) is 1. The molecule has 0 saturated heterocycles. The van der Waals surface area contributed by atoms with Crippen molar-refractivity contribution in [3.8, 4) is 11.5 Å². The normalized spacial score (nSPS) is 17.2. The zero-order chi connectivity index (χ0) is 11.8. The van der Waals surface area contributed by atoms with Crippen LogP contribution in [-0.4, -0.2) is 18.8 Å². The van der Waals surface area contributed by atoms with E-state index in [0.29, 0.717) is 17.4 Å². The van der Waals surface area contributed by atoms with Crippen LogP contribution in [-0.2, 0) is 10.3 Å². The standard InChI is InChI=1S/C11H14ClNO3/c1-15-9-5-7(12)4-8(10(9)14)11(2-3-11)6-16-13/h4-5,14H,2-3,6,13H2,1H3. The van der Waals surface area contributed by atoms with Gasteiger partial charge in [-0.2, -0.15) is 0 Å². The van der Waals surface area contributed by atoms with Gasteiger partial charge in [-0.05, 0) is 18.9 Å². The first-order valence-corrected chi connectivity index (χ1v) is 5.39. The third kappa shape index (κ3) is 1.84. The van der Waals surface area contributed by atoms with Crippen LogP contribution in [0.2, 0.25) is 5.02 Å². The molecule has 1 aliphatic rings. The highest BCUT2D eigenvalue weighted by Gasteiger charge is 2.47.